The molecule has 0 radical (unpaired) electrons. The molecule has 3 aliphatic rings. The van der Waals surface area contributed by atoms with Crippen molar-refractivity contribution in [1.29, 1.82) is 0 Å². The molecule has 3 nitrogen and oxygen atoms in total. The Labute approximate surface area is 185 Å². The van der Waals surface area contributed by atoms with Gasteiger partial charge in [-0.2, -0.15) is 0 Å². The molecule has 31 heavy (non-hydrogen) atoms. The van der Waals surface area contributed by atoms with E-state index in [0.29, 0.717) is 5.92 Å². The minimum atomic E-state index is 0.159. The molecule has 6 rings (SSSR count). The van der Waals surface area contributed by atoms with Gasteiger partial charge in [0, 0.05) is 36.0 Å². The molecule has 1 aromatic heterocycles. The van der Waals surface area contributed by atoms with Crippen LogP contribution in [0, 0.1) is 18.8 Å². The lowest BCUT2D eigenvalue weighted by Gasteiger charge is -2.51. The summed E-state index contributed by atoms with van der Waals surface area (Å²) in [6.07, 6.45) is 6.25. The first-order valence-corrected chi connectivity index (χ1v) is 11.9. The van der Waals surface area contributed by atoms with Crippen LogP contribution in [0.1, 0.15) is 41.6 Å². The number of likely N-dealkylation sites (tertiary alicyclic amines) is 1. The number of pyridine rings is 1. The van der Waals surface area contributed by atoms with Crippen molar-refractivity contribution in [1.82, 2.24) is 9.88 Å². The summed E-state index contributed by atoms with van der Waals surface area (Å²) in [6.45, 7) is 5.91. The fourth-order valence-electron chi connectivity index (χ4n) is 6.20. The van der Waals surface area contributed by atoms with Gasteiger partial charge in [-0.1, -0.05) is 24.3 Å². The minimum absolute atomic E-state index is 0.159. The molecule has 2 heterocycles. The Balaban J connectivity index is 1.44. The molecule has 2 aliphatic carbocycles. The highest BCUT2D eigenvalue weighted by molar-refractivity contribution is 5.83. The lowest BCUT2D eigenvalue weighted by molar-refractivity contribution is 0.0777. The molecular formula is C28H32N2O. The number of fused-ring (bicyclic) bond motifs is 3. The standard InChI is InChI=1S/C28H32N2O/c1-19-5-3-8-26-25(19)14-21-13-23-18-30(17-20-9-10-20)12-11-28(23,16-27(21)29-26)22-6-4-7-24(15-22)31-2/h3-8,14-15,20,23H,9-13,16-18H2,1-2H3/t23-,28-/m0/s1. The Bertz CT molecular complexity index is 1140. The highest BCUT2D eigenvalue weighted by atomic mass is 16.5. The Morgan fingerprint density at radius 2 is 2.00 bits per heavy atom. The average Bonchev–Trinajstić information content (AvgIpc) is 3.61. The van der Waals surface area contributed by atoms with Crippen molar-refractivity contribution in [2.24, 2.45) is 11.8 Å². The summed E-state index contributed by atoms with van der Waals surface area (Å²) < 4.78 is 5.62. The van der Waals surface area contributed by atoms with Crippen LogP contribution >= 0.6 is 0 Å². The van der Waals surface area contributed by atoms with Crippen LogP contribution in [0.15, 0.2) is 48.5 Å². The molecule has 3 aromatic rings. The number of methoxy groups -OCH3 is 1. The van der Waals surface area contributed by atoms with Crippen molar-refractivity contribution in [3.05, 3.63) is 70.9 Å². The zero-order valence-corrected chi connectivity index (χ0v) is 18.7. The van der Waals surface area contributed by atoms with Crippen molar-refractivity contribution >= 4 is 10.9 Å². The molecule has 3 heteroatoms. The third-order valence-corrected chi connectivity index (χ3v) is 8.19. The zero-order valence-electron chi connectivity index (χ0n) is 18.7. The third-order valence-electron chi connectivity index (χ3n) is 8.19. The first-order valence-electron chi connectivity index (χ1n) is 11.9. The second kappa shape index (κ2) is 7.34. The maximum Gasteiger partial charge on any atom is 0.119 e. The predicted octanol–water partition coefficient (Wildman–Crippen LogP) is 5.32. The number of benzene rings is 2. The van der Waals surface area contributed by atoms with Gasteiger partial charge in [-0.15, -0.1) is 0 Å². The zero-order chi connectivity index (χ0) is 21.0. The molecule has 1 saturated heterocycles. The number of aromatic nitrogens is 1. The molecule has 2 atom stereocenters. The van der Waals surface area contributed by atoms with E-state index in [2.05, 4.69) is 60.4 Å². The van der Waals surface area contributed by atoms with Gasteiger partial charge >= 0.3 is 0 Å². The van der Waals surface area contributed by atoms with Gasteiger partial charge in [0.05, 0.1) is 12.6 Å². The molecule has 0 amide bonds. The topological polar surface area (TPSA) is 25.4 Å². The maximum atomic E-state index is 5.62. The molecule has 0 spiro atoms. The number of ether oxygens (including phenoxy) is 1. The van der Waals surface area contributed by atoms with Crippen LogP contribution in [0.5, 0.6) is 5.75 Å². The smallest absolute Gasteiger partial charge is 0.119 e. The highest BCUT2D eigenvalue weighted by Gasteiger charge is 2.48. The van der Waals surface area contributed by atoms with E-state index in [1.54, 1.807) is 7.11 Å². The van der Waals surface area contributed by atoms with Crippen molar-refractivity contribution < 1.29 is 4.74 Å². The Morgan fingerprint density at radius 1 is 1.13 bits per heavy atom. The molecule has 160 valence electrons. The van der Waals surface area contributed by atoms with Gasteiger partial charge in [-0.3, -0.25) is 4.98 Å². The molecule has 0 bridgehead atoms. The van der Waals surface area contributed by atoms with Gasteiger partial charge in [-0.25, -0.2) is 0 Å². The van der Waals surface area contributed by atoms with Gasteiger partial charge in [0.1, 0.15) is 5.75 Å². The first-order chi connectivity index (χ1) is 15.1. The molecular weight excluding hydrogens is 380 g/mol. The molecule has 2 aromatic carbocycles. The van der Waals surface area contributed by atoms with E-state index in [1.807, 2.05) is 0 Å². The van der Waals surface area contributed by atoms with Gasteiger partial charge in [0.25, 0.3) is 0 Å². The van der Waals surface area contributed by atoms with E-state index >= 15 is 0 Å². The van der Waals surface area contributed by atoms with Gasteiger partial charge in [-0.05, 0) is 91.9 Å². The van der Waals surface area contributed by atoms with Gasteiger partial charge < -0.3 is 9.64 Å². The normalized spacial score (nSPS) is 25.8. The Kier molecular flexibility index (Phi) is 4.57. The van der Waals surface area contributed by atoms with E-state index in [4.69, 9.17) is 9.72 Å². The fourth-order valence-corrected chi connectivity index (χ4v) is 6.20. The van der Waals surface area contributed by atoms with Crippen molar-refractivity contribution in [3.63, 3.8) is 0 Å². The quantitative estimate of drug-likeness (QED) is 0.580. The summed E-state index contributed by atoms with van der Waals surface area (Å²) in [6, 6.07) is 17.8. The molecule has 0 unspecified atom stereocenters. The van der Waals surface area contributed by atoms with E-state index in [9.17, 15) is 0 Å². The Morgan fingerprint density at radius 3 is 2.84 bits per heavy atom. The molecule has 2 fully saturated rings. The molecule has 0 N–H and O–H groups in total. The number of hydrogen-bond acceptors (Lipinski definition) is 3. The maximum absolute atomic E-state index is 5.62. The summed E-state index contributed by atoms with van der Waals surface area (Å²) in [5.41, 5.74) is 6.86. The van der Waals surface area contributed by atoms with E-state index in [0.717, 1.165) is 30.0 Å². The fraction of sp³-hybridized carbons (Fsp3) is 0.464. The van der Waals surface area contributed by atoms with Crippen LogP contribution in [-0.2, 0) is 18.3 Å². The number of piperidine rings is 1. The van der Waals surface area contributed by atoms with Crippen LogP contribution in [-0.4, -0.2) is 36.6 Å². The van der Waals surface area contributed by atoms with E-state index in [1.165, 1.54) is 66.7 Å². The summed E-state index contributed by atoms with van der Waals surface area (Å²) in [5, 5.41) is 1.32. The number of rotatable bonds is 4. The summed E-state index contributed by atoms with van der Waals surface area (Å²) in [7, 11) is 1.78. The predicted molar refractivity (Wildman–Crippen MR) is 126 cm³/mol. The molecule has 1 aliphatic heterocycles. The lowest BCUT2D eigenvalue weighted by Crippen LogP contribution is -2.54. The second-order valence-electron chi connectivity index (χ2n) is 10.2. The van der Waals surface area contributed by atoms with E-state index in [-0.39, 0.29) is 5.41 Å². The highest BCUT2D eigenvalue weighted by Crippen LogP contribution is 2.49. The van der Waals surface area contributed by atoms with E-state index < -0.39 is 0 Å². The largest absolute Gasteiger partial charge is 0.497 e. The monoisotopic (exact) mass is 412 g/mol. The average molecular weight is 413 g/mol. The van der Waals surface area contributed by atoms with Crippen molar-refractivity contribution in [3.8, 4) is 5.75 Å². The van der Waals surface area contributed by atoms with Crippen molar-refractivity contribution in [2.45, 2.75) is 44.4 Å². The number of aryl methyl sites for hydroxylation is 1. The Hall–Kier alpha value is -2.39. The van der Waals surface area contributed by atoms with Crippen molar-refractivity contribution in [2.75, 3.05) is 26.7 Å². The second-order valence-corrected chi connectivity index (χ2v) is 10.2. The van der Waals surface area contributed by atoms with Gasteiger partial charge in [0.15, 0.2) is 0 Å². The van der Waals surface area contributed by atoms with Crippen LogP contribution in [0.4, 0.5) is 0 Å². The van der Waals surface area contributed by atoms with Crippen LogP contribution in [0.3, 0.4) is 0 Å². The van der Waals surface area contributed by atoms with Crippen LogP contribution < -0.4 is 4.74 Å². The molecule has 1 saturated carbocycles. The summed E-state index contributed by atoms with van der Waals surface area (Å²) >= 11 is 0. The van der Waals surface area contributed by atoms with Crippen LogP contribution in [0.2, 0.25) is 0 Å². The summed E-state index contributed by atoms with van der Waals surface area (Å²) in [4.78, 5) is 7.97. The number of hydrogen-bond donors (Lipinski definition) is 0. The first kappa shape index (κ1) is 19.3. The van der Waals surface area contributed by atoms with Crippen LogP contribution in [0.25, 0.3) is 10.9 Å². The number of nitrogens with zero attached hydrogens (tertiary/aromatic N) is 2. The lowest BCUT2D eigenvalue weighted by atomic mass is 9.58. The minimum Gasteiger partial charge on any atom is -0.497 e. The van der Waals surface area contributed by atoms with Gasteiger partial charge in [0.2, 0.25) is 0 Å². The third kappa shape index (κ3) is 3.34. The summed E-state index contributed by atoms with van der Waals surface area (Å²) in [5.74, 6) is 2.55. The SMILES string of the molecule is COc1cccc([C@@]23CCN(CC4CC4)C[C@@H]2Cc2cc4c(C)cccc4nc2C3)c1.